The van der Waals surface area contributed by atoms with Gasteiger partial charge in [-0.3, -0.25) is 4.79 Å². The van der Waals surface area contributed by atoms with Gasteiger partial charge in [-0.05, 0) is 55.1 Å². The average Bonchev–Trinajstić information content (AvgIpc) is 3.30. The minimum Gasteiger partial charge on any atom is -0.468 e. The largest absolute Gasteiger partial charge is 0.468 e. The van der Waals surface area contributed by atoms with Crippen LogP contribution in [0.3, 0.4) is 0 Å². The van der Waals surface area contributed by atoms with Gasteiger partial charge in [-0.25, -0.2) is 17.9 Å². The van der Waals surface area contributed by atoms with Gasteiger partial charge in [-0.2, -0.15) is 0 Å². The smallest absolute Gasteiger partial charge is 0.338 e. The highest BCUT2D eigenvalue weighted by Gasteiger charge is 2.20. The lowest BCUT2D eigenvalue weighted by Gasteiger charge is -2.10. The van der Waals surface area contributed by atoms with Crippen LogP contribution in [0.4, 0.5) is 0 Å². The lowest BCUT2D eigenvalue weighted by Crippen LogP contribution is -2.23. The molecule has 0 aliphatic rings. The number of ether oxygens (including phenoxy) is 1. The van der Waals surface area contributed by atoms with E-state index in [0.29, 0.717) is 16.9 Å². The molecule has 31 heavy (non-hydrogen) atoms. The highest BCUT2D eigenvalue weighted by molar-refractivity contribution is 7.98. The van der Waals surface area contributed by atoms with Crippen LogP contribution in [0.5, 0.6) is 0 Å². The summed E-state index contributed by atoms with van der Waals surface area (Å²) in [7, 11) is -3.88. The van der Waals surface area contributed by atoms with E-state index in [1.807, 2.05) is 18.4 Å². The Bertz CT molecular complexity index is 1170. The number of sulfonamides is 1. The second-order valence-electron chi connectivity index (χ2n) is 6.61. The Kier molecular flexibility index (Phi) is 7.32. The van der Waals surface area contributed by atoms with Crippen molar-refractivity contribution in [3.63, 3.8) is 0 Å². The third-order valence-electron chi connectivity index (χ3n) is 4.50. The van der Waals surface area contributed by atoms with Crippen molar-refractivity contribution in [1.82, 2.24) is 4.72 Å². The number of Topliss-reactive ketones (excluding diaryl/α,β-unsaturated/α-hetero) is 1. The van der Waals surface area contributed by atoms with Gasteiger partial charge in [0.1, 0.15) is 5.76 Å². The topological polar surface area (TPSA) is 103 Å². The Hall–Kier alpha value is -2.88. The van der Waals surface area contributed by atoms with Crippen LogP contribution < -0.4 is 4.72 Å². The zero-order chi connectivity index (χ0) is 22.4. The Labute approximate surface area is 184 Å². The predicted octanol–water partition coefficient (Wildman–Crippen LogP) is 3.83. The third kappa shape index (κ3) is 5.84. The first-order chi connectivity index (χ1) is 14.8. The molecule has 3 aromatic rings. The number of nitrogens with one attached hydrogen (secondary N) is 1. The second-order valence-corrected chi connectivity index (χ2v) is 9.26. The third-order valence-corrected chi connectivity index (χ3v) is 6.64. The number of carbonyl (C=O) groups excluding carboxylic acids is 2. The van der Waals surface area contributed by atoms with Crippen molar-refractivity contribution in [2.24, 2.45) is 0 Å². The normalized spacial score (nSPS) is 11.3. The first-order valence-corrected chi connectivity index (χ1v) is 12.0. The van der Waals surface area contributed by atoms with Crippen molar-refractivity contribution >= 4 is 33.5 Å². The summed E-state index contributed by atoms with van der Waals surface area (Å²) in [6.07, 6.45) is 3.38. The van der Waals surface area contributed by atoms with E-state index in [9.17, 15) is 18.0 Å². The summed E-state index contributed by atoms with van der Waals surface area (Å²) in [5.41, 5.74) is 1.04. The number of hydrogen-bond donors (Lipinski definition) is 1. The summed E-state index contributed by atoms with van der Waals surface area (Å²) in [6, 6.07) is 14.4. The van der Waals surface area contributed by atoms with Crippen molar-refractivity contribution in [2.45, 2.75) is 23.3 Å². The Morgan fingerprint density at radius 3 is 2.48 bits per heavy atom. The first-order valence-electron chi connectivity index (χ1n) is 9.27. The summed E-state index contributed by atoms with van der Waals surface area (Å²) >= 11 is 1.56. The molecule has 3 rings (SSSR count). The van der Waals surface area contributed by atoms with Gasteiger partial charge in [-0.15, -0.1) is 11.8 Å². The van der Waals surface area contributed by atoms with Crippen molar-refractivity contribution in [3.05, 3.63) is 83.3 Å². The van der Waals surface area contributed by atoms with Crippen molar-refractivity contribution in [3.8, 4) is 0 Å². The lowest BCUT2D eigenvalue weighted by atomic mass is 10.1. The van der Waals surface area contributed by atoms with Crippen LogP contribution in [0, 0.1) is 6.92 Å². The molecule has 9 heteroatoms. The molecule has 1 aromatic heterocycles. The molecule has 2 aromatic carbocycles. The Balaban J connectivity index is 1.68. The molecule has 0 saturated heterocycles. The number of rotatable bonds is 9. The van der Waals surface area contributed by atoms with Gasteiger partial charge in [-0.1, -0.05) is 18.2 Å². The van der Waals surface area contributed by atoms with E-state index < -0.39 is 22.6 Å². The summed E-state index contributed by atoms with van der Waals surface area (Å²) < 4.78 is 37.8. The zero-order valence-electron chi connectivity index (χ0n) is 17.0. The fourth-order valence-electron chi connectivity index (χ4n) is 2.72. The van der Waals surface area contributed by atoms with Gasteiger partial charge in [0, 0.05) is 10.5 Å². The summed E-state index contributed by atoms with van der Waals surface area (Å²) in [5.74, 6) is -0.656. The van der Waals surface area contributed by atoms with E-state index in [0.717, 1.165) is 4.90 Å². The quantitative estimate of drug-likeness (QED) is 0.295. The predicted molar refractivity (Wildman–Crippen MR) is 117 cm³/mol. The molecule has 162 valence electrons. The van der Waals surface area contributed by atoms with Crippen LogP contribution >= 0.6 is 11.8 Å². The summed E-state index contributed by atoms with van der Waals surface area (Å²) in [4.78, 5) is 25.7. The number of carbonyl (C=O) groups is 2. The molecule has 7 nitrogen and oxygen atoms in total. The fourth-order valence-corrected chi connectivity index (χ4v) is 4.15. The number of esters is 1. The maximum atomic E-state index is 12.6. The summed E-state index contributed by atoms with van der Waals surface area (Å²) in [5, 5.41) is 0. The summed E-state index contributed by atoms with van der Waals surface area (Å²) in [6.45, 7) is 1.20. The number of furan rings is 1. The maximum absolute atomic E-state index is 12.6. The van der Waals surface area contributed by atoms with Crippen molar-refractivity contribution < 1.29 is 27.2 Å². The van der Waals surface area contributed by atoms with Crippen molar-refractivity contribution in [1.29, 1.82) is 0 Å². The number of aryl methyl sites for hydroxylation is 1. The van der Waals surface area contributed by atoms with Crippen LogP contribution in [0.15, 0.2) is 75.1 Å². The van der Waals surface area contributed by atoms with Gasteiger partial charge in [0.15, 0.2) is 12.4 Å². The minimum absolute atomic E-state index is 0.0210. The average molecular weight is 460 g/mol. The fraction of sp³-hybridized carbons (Fsp3) is 0.182. The van der Waals surface area contributed by atoms with Crippen LogP contribution in [-0.4, -0.2) is 33.0 Å². The van der Waals surface area contributed by atoms with Gasteiger partial charge >= 0.3 is 5.97 Å². The van der Waals surface area contributed by atoms with E-state index in [1.165, 1.54) is 24.5 Å². The maximum Gasteiger partial charge on any atom is 0.338 e. The molecular weight excluding hydrogens is 438 g/mol. The van der Waals surface area contributed by atoms with E-state index in [2.05, 4.69) is 4.72 Å². The van der Waals surface area contributed by atoms with Crippen LogP contribution in [0.2, 0.25) is 0 Å². The first kappa shape index (κ1) is 22.8. The molecular formula is C22H21NO6S2. The van der Waals surface area contributed by atoms with Gasteiger partial charge < -0.3 is 9.15 Å². The second kappa shape index (κ2) is 9.95. The molecule has 0 spiro atoms. The Morgan fingerprint density at radius 2 is 1.84 bits per heavy atom. The molecule has 0 radical (unpaired) electrons. The molecule has 0 fully saturated rings. The number of hydrogen-bond acceptors (Lipinski definition) is 7. The molecule has 1 heterocycles. The molecule has 0 bridgehead atoms. The molecule has 0 atom stereocenters. The van der Waals surface area contributed by atoms with Gasteiger partial charge in [0.25, 0.3) is 0 Å². The zero-order valence-corrected chi connectivity index (χ0v) is 18.6. The number of ketones is 1. The highest BCUT2D eigenvalue weighted by Crippen LogP contribution is 2.18. The standard InChI is InChI=1S/C22H21NO6S2/c1-15-5-10-19(31(26,27)23-13-17-4-3-11-28-17)12-20(15)22(25)29-14-21(24)16-6-8-18(30-2)9-7-16/h3-12,23H,13-14H2,1-2H3. The SMILES string of the molecule is CSc1ccc(C(=O)COC(=O)c2cc(S(=O)(=O)NCc3ccco3)ccc2C)cc1. The number of benzene rings is 2. The van der Waals surface area contributed by atoms with Gasteiger partial charge in [0.05, 0.1) is 23.3 Å². The van der Waals surface area contributed by atoms with E-state index >= 15 is 0 Å². The van der Waals surface area contributed by atoms with Crippen LogP contribution in [0.1, 0.15) is 32.0 Å². The molecule has 1 N–H and O–H groups in total. The minimum atomic E-state index is -3.88. The van der Waals surface area contributed by atoms with Crippen LogP contribution in [0.25, 0.3) is 0 Å². The lowest BCUT2D eigenvalue weighted by molar-refractivity contribution is 0.0473. The van der Waals surface area contributed by atoms with Crippen LogP contribution in [-0.2, 0) is 21.3 Å². The number of thioether (sulfide) groups is 1. The molecule has 0 aliphatic carbocycles. The van der Waals surface area contributed by atoms with E-state index in [1.54, 1.807) is 43.0 Å². The molecule has 0 unspecified atom stereocenters. The highest BCUT2D eigenvalue weighted by atomic mass is 32.2. The van der Waals surface area contributed by atoms with E-state index in [4.69, 9.17) is 9.15 Å². The monoisotopic (exact) mass is 459 g/mol. The molecule has 0 saturated carbocycles. The van der Waals surface area contributed by atoms with Gasteiger partial charge in [0.2, 0.25) is 10.0 Å². The molecule has 0 aliphatic heterocycles. The molecule has 0 amide bonds. The Morgan fingerprint density at radius 1 is 1.10 bits per heavy atom. The van der Waals surface area contributed by atoms with Crippen molar-refractivity contribution in [2.75, 3.05) is 12.9 Å². The van der Waals surface area contributed by atoms with E-state index in [-0.39, 0.29) is 22.8 Å².